The molecule has 82 valence electrons. The van der Waals surface area contributed by atoms with Crippen molar-refractivity contribution < 1.29 is 9.53 Å². The molecule has 0 aromatic heterocycles. The van der Waals surface area contributed by atoms with E-state index in [0.29, 0.717) is 18.1 Å². The van der Waals surface area contributed by atoms with Crippen LogP contribution in [0.2, 0.25) is 0 Å². The van der Waals surface area contributed by atoms with Gasteiger partial charge in [-0.3, -0.25) is 4.79 Å². The van der Waals surface area contributed by atoms with Crippen molar-refractivity contribution in [3.05, 3.63) is 35.9 Å². The van der Waals surface area contributed by atoms with Crippen molar-refractivity contribution in [1.29, 1.82) is 0 Å². The van der Waals surface area contributed by atoms with Gasteiger partial charge < -0.3 is 4.74 Å². The molecule has 0 amide bonds. The second kappa shape index (κ2) is 7.65. The third-order valence-electron chi connectivity index (χ3n) is 1.69. The lowest BCUT2D eigenvalue weighted by Crippen LogP contribution is -2.09. The Hall–Kier alpha value is -0.610. The third-order valence-corrected chi connectivity index (χ3v) is 2.85. The van der Waals surface area contributed by atoms with Gasteiger partial charge in [0.05, 0.1) is 5.75 Å². The van der Waals surface area contributed by atoms with Gasteiger partial charge in [-0.05, 0) is 5.56 Å². The summed E-state index contributed by atoms with van der Waals surface area (Å²) in [5.74, 6) is 1.67. The fraction of sp³-hybridized carbons (Fsp3) is 0.364. The lowest BCUT2D eigenvalue weighted by Gasteiger charge is -2.02. The highest BCUT2D eigenvalue weighted by molar-refractivity contribution is 7.99. The molecule has 0 radical (unpaired) electrons. The lowest BCUT2D eigenvalue weighted by molar-refractivity contribution is -0.139. The van der Waals surface area contributed by atoms with Crippen LogP contribution < -0.4 is 0 Å². The standard InChI is InChI=1S/C11H14O2S2/c12-11(13-6-7-14)9-15-8-10-4-2-1-3-5-10/h1-5,14H,6-9H2. The van der Waals surface area contributed by atoms with Crippen LogP contribution in [0.15, 0.2) is 30.3 Å². The molecule has 0 saturated heterocycles. The summed E-state index contributed by atoms with van der Waals surface area (Å²) >= 11 is 5.52. The fourth-order valence-electron chi connectivity index (χ4n) is 1.03. The Labute approximate surface area is 99.8 Å². The summed E-state index contributed by atoms with van der Waals surface area (Å²) in [6.07, 6.45) is 0. The van der Waals surface area contributed by atoms with Crippen LogP contribution in [-0.2, 0) is 15.3 Å². The monoisotopic (exact) mass is 242 g/mol. The zero-order chi connectivity index (χ0) is 10.9. The minimum Gasteiger partial charge on any atom is -0.464 e. The maximum atomic E-state index is 11.1. The summed E-state index contributed by atoms with van der Waals surface area (Å²) in [6.45, 7) is 0.397. The maximum absolute atomic E-state index is 11.1. The van der Waals surface area contributed by atoms with E-state index in [1.54, 1.807) is 11.8 Å². The van der Waals surface area contributed by atoms with Crippen molar-refractivity contribution in [2.75, 3.05) is 18.1 Å². The molecule has 0 heterocycles. The van der Waals surface area contributed by atoms with Gasteiger partial charge in [0.25, 0.3) is 0 Å². The van der Waals surface area contributed by atoms with E-state index in [-0.39, 0.29) is 5.97 Å². The van der Waals surface area contributed by atoms with Gasteiger partial charge in [-0.2, -0.15) is 12.6 Å². The number of hydrogen-bond acceptors (Lipinski definition) is 4. The van der Waals surface area contributed by atoms with E-state index >= 15 is 0 Å². The Morgan fingerprint density at radius 3 is 2.73 bits per heavy atom. The zero-order valence-corrected chi connectivity index (χ0v) is 10.1. The van der Waals surface area contributed by atoms with Gasteiger partial charge >= 0.3 is 5.97 Å². The van der Waals surface area contributed by atoms with Gasteiger partial charge in [0.2, 0.25) is 0 Å². The third kappa shape index (κ3) is 5.74. The Bertz CT molecular complexity index is 288. The molecule has 0 aliphatic rings. The molecule has 15 heavy (non-hydrogen) atoms. The highest BCUT2D eigenvalue weighted by atomic mass is 32.2. The van der Waals surface area contributed by atoms with E-state index in [1.165, 1.54) is 5.56 Å². The van der Waals surface area contributed by atoms with Gasteiger partial charge in [0.15, 0.2) is 0 Å². The van der Waals surface area contributed by atoms with Gasteiger partial charge in [-0.25, -0.2) is 0 Å². The molecule has 2 nitrogen and oxygen atoms in total. The maximum Gasteiger partial charge on any atom is 0.315 e. The van der Waals surface area contributed by atoms with E-state index in [0.717, 1.165) is 5.75 Å². The van der Waals surface area contributed by atoms with Gasteiger partial charge in [-0.1, -0.05) is 30.3 Å². The topological polar surface area (TPSA) is 26.3 Å². The first-order valence-electron chi connectivity index (χ1n) is 4.71. The number of hydrogen-bond donors (Lipinski definition) is 1. The van der Waals surface area contributed by atoms with E-state index < -0.39 is 0 Å². The average molecular weight is 242 g/mol. The van der Waals surface area contributed by atoms with E-state index in [1.807, 2.05) is 30.3 Å². The minimum atomic E-state index is -0.162. The zero-order valence-electron chi connectivity index (χ0n) is 8.39. The van der Waals surface area contributed by atoms with Gasteiger partial charge in [0, 0.05) is 11.5 Å². The fourth-order valence-corrected chi connectivity index (χ4v) is 1.90. The molecule has 1 aromatic carbocycles. The van der Waals surface area contributed by atoms with Crippen LogP contribution in [0.3, 0.4) is 0 Å². The molecule has 0 fully saturated rings. The van der Waals surface area contributed by atoms with Crippen LogP contribution in [-0.4, -0.2) is 24.1 Å². The molecular formula is C11H14O2S2. The van der Waals surface area contributed by atoms with Crippen molar-refractivity contribution in [3.8, 4) is 0 Å². The van der Waals surface area contributed by atoms with E-state index in [2.05, 4.69) is 12.6 Å². The molecule has 0 saturated carbocycles. The number of ether oxygens (including phenoxy) is 1. The minimum absolute atomic E-state index is 0.162. The molecule has 0 aliphatic heterocycles. The molecule has 1 aromatic rings. The molecule has 0 aliphatic carbocycles. The van der Waals surface area contributed by atoms with Crippen LogP contribution in [0.5, 0.6) is 0 Å². The number of carbonyl (C=O) groups is 1. The average Bonchev–Trinajstić information content (AvgIpc) is 2.28. The Morgan fingerprint density at radius 1 is 1.33 bits per heavy atom. The molecule has 0 atom stereocenters. The highest BCUT2D eigenvalue weighted by Gasteiger charge is 2.02. The number of rotatable bonds is 6. The van der Waals surface area contributed by atoms with Crippen molar-refractivity contribution in [1.82, 2.24) is 0 Å². The Morgan fingerprint density at radius 2 is 2.07 bits per heavy atom. The Balaban J connectivity index is 2.14. The second-order valence-corrected chi connectivity index (χ2v) is 4.36. The number of benzene rings is 1. The van der Waals surface area contributed by atoms with Crippen molar-refractivity contribution >= 4 is 30.4 Å². The predicted octanol–water partition coefficient (Wildman–Crippen LogP) is 2.39. The van der Waals surface area contributed by atoms with Crippen LogP contribution in [0.25, 0.3) is 0 Å². The number of thioether (sulfide) groups is 1. The first kappa shape index (κ1) is 12.5. The normalized spacial score (nSPS) is 9.93. The summed E-state index contributed by atoms with van der Waals surface area (Å²) in [6, 6.07) is 10.1. The van der Waals surface area contributed by atoms with E-state index in [9.17, 15) is 4.79 Å². The SMILES string of the molecule is O=C(CSCc1ccccc1)OCCS. The van der Waals surface area contributed by atoms with E-state index in [4.69, 9.17) is 4.74 Å². The summed E-state index contributed by atoms with van der Waals surface area (Å²) in [4.78, 5) is 11.1. The summed E-state index contributed by atoms with van der Waals surface area (Å²) in [7, 11) is 0. The molecule has 4 heteroatoms. The highest BCUT2D eigenvalue weighted by Crippen LogP contribution is 2.11. The van der Waals surface area contributed by atoms with Crippen LogP contribution in [0, 0.1) is 0 Å². The second-order valence-electron chi connectivity index (χ2n) is 2.92. The number of esters is 1. The molecule has 0 N–H and O–H groups in total. The number of thiol groups is 1. The quantitative estimate of drug-likeness (QED) is 0.613. The largest absolute Gasteiger partial charge is 0.464 e. The van der Waals surface area contributed by atoms with Crippen LogP contribution >= 0.6 is 24.4 Å². The summed E-state index contributed by atoms with van der Waals surface area (Å²) < 4.78 is 4.89. The van der Waals surface area contributed by atoms with Crippen molar-refractivity contribution in [2.45, 2.75) is 5.75 Å². The van der Waals surface area contributed by atoms with Gasteiger partial charge in [-0.15, -0.1) is 11.8 Å². The molecular weight excluding hydrogens is 228 g/mol. The van der Waals surface area contributed by atoms with Crippen LogP contribution in [0.4, 0.5) is 0 Å². The number of carbonyl (C=O) groups excluding carboxylic acids is 1. The van der Waals surface area contributed by atoms with Crippen molar-refractivity contribution in [2.24, 2.45) is 0 Å². The smallest absolute Gasteiger partial charge is 0.315 e. The first-order valence-corrected chi connectivity index (χ1v) is 6.50. The Kier molecular flexibility index (Phi) is 6.36. The summed E-state index contributed by atoms with van der Waals surface area (Å²) in [5.41, 5.74) is 1.23. The first-order chi connectivity index (χ1) is 7.33. The van der Waals surface area contributed by atoms with Crippen LogP contribution in [0.1, 0.15) is 5.56 Å². The lowest BCUT2D eigenvalue weighted by atomic mass is 10.2. The predicted molar refractivity (Wildman–Crippen MR) is 67.4 cm³/mol. The van der Waals surface area contributed by atoms with Gasteiger partial charge in [0.1, 0.15) is 6.61 Å². The molecule has 0 bridgehead atoms. The molecule has 0 unspecified atom stereocenters. The molecule has 1 rings (SSSR count). The van der Waals surface area contributed by atoms with Crippen molar-refractivity contribution in [3.63, 3.8) is 0 Å². The molecule has 0 spiro atoms. The summed E-state index contributed by atoms with van der Waals surface area (Å²) in [5, 5.41) is 0.